The van der Waals surface area contributed by atoms with E-state index in [9.17, 15) is 18.0 Å². The summed E-state index contributed by atoms with van der Waals surface area (Å²) in [5.41, 5.74) is -0.359. The minimum atomic E-state index is -1.25. The molecule has 0 saturated carbocycles. The van der Waals surface area contributed by atoms with Gasteiger partial charge in [0.1, 0.15) is 17.5 Å². The van der Waals surface area contributed by atoms with Crippen LogP contribution in [0.15, 0.2) is 28.9 Å². The average Bonchev–Trinajstić information content (AvgIpc) is 2.62. The van der Waals surface area contributed by atoms with Crippen molar-refractivity contribution in [3.63, 3.8) is 0 Å². The summed E-state index contributed by atoms with van der Waals surface area (Å²) in [6, 6.07) is 2.40. The molecule has 5 heteroatoms. The van der Waals surface area contributed by atoms with Crippen molar-refractivity contribution in [2.24, 2.45) is 0 Å². The molecule has 1 aromatic carbocycles. The van der Waals surface area contributed by atoms with Gasteiger partial charge in [0.05, 0.1) is 11.8 Å². The van der Waals surface area contributed by atoms with Crippen LogP contribution in [0.2, 0.25) is 0 Å². The molecule has 0 aliphatic heterocycles. The van der Waals surface area contributed by atoms with Crippen LogP contribution < -0.4 is 0 Å². The highest BCUT2D eigenvalue weighted by Gasteiger charge is 2.23. The zero-order valence-corrected chi connectivity index (χ0v) is 8.76. The van der Waals surface area contributed by atoms with Gasteiger partial charge < -0.3 is 4.42 Å². The Labute approximate surface area is 94.7 Å². The van der Waals surface area contributed by atoms with Crippen LogP contribution in [0.1, 0.15) is 21.7 Å². The van der Waals surface area contributed by atoms with Crippen molar-refractivity contribution in [3.8, 4) is 0 Å². The quantitative estimate of drug-likeness (QED) is 0.754. The Morgan fingerprint density at radius 3 is 2.24 bits per heavy atom. The molecule has 2 aromatic rings. The molecule has 0 unspecified atom stereocenters. The molecule has 0 amide bonds. The summed E-state index contributed by atoms with van der Waals surface area (Å²) in [5.74, 6) is -4.67. The maximum absolute atomic E-state index is 13.3. The van der Waals surface area contributed by atoms with Gasteiger partial charge in [-0.1, -0.05) is 0 Å². The number of halogens is 3. The summed E-state index contributed by atoms with van der Waals surface area (Å²) < 4.78 is 44.2. The van der Waals surface area contributed by atoms with E-state index >= 15 is 0 Å². The van der Waals surface area contributed by atoms with Crippen LogP contribution in [0.3, 0.4) is 0 Å². The highest BCUT2D eigenvalue weighted by Crippen LogP contribution is 2.21. The highest BCUT2D eigenvalue weighted by atomic mass is 19.1. The summed E-state index contributed by atoms with van der Waals surface area (Å²) in [4.78, 5) is 11.8. The Morgan fingerprint density at radius 1 is 1.18 bits per heavy atom. The molecule has 0 aliphatic rings. The minimum absolute atomic E-state index is 0.158. The van der Waals surface area contributed by atoms with Gasteiger partial charge in [0, 0.05) is 12.1 Å². The van der Waals surface area contributed by atoms with E-state index in [-0.39, 0.29) is 5.76 Å². The Hall–Kier alpha value is -2.04. The second-order valence-electron chi connectivity index (χ2n) is 3.51. The first kappa shape index (κ1) is 11.4. The Morgan fingerprint density at radius 2 is 1.76 bits per heavy atom. The van der Waals surface area contributed by atoms with E-state index in [1.54, 1.807) is 6.92 Å². The topological polar surface area (TPSA) is 30.2 Å². The molecule has 2 nitrogen and oxygen atoms in total. The van der Waals surface area contributed by atoms with Gasteiger partial charge in [-0.2, -0.15) is 0 Å². The highest BCUT2D eigenvalue weighted by molar-refractivity contribution is 6.08. The van der Waals surface area contributed by atoms with Crippen molar-refractivity contribution >= 4 is 5.78 Å². The molecular weight excluding hydrogens is 233 g/mol. The second kappa shape index (κ2) is 4.08. The monoisotopic (exact) mass is 240 g/mol. The predicted molar refractivity (Wildman–Crippen MR) is 53.2 cm³/mol. The van der Waals surface area contributed by atoms with Crippen molar-refractivity contribution in [3.05, 3.63) is 58.8 Å². The van der Waals surface area contributed by atoms with E-state index < -0.39 is 28.8 Å². The molecular formula is C12H7F3O2. The summed E-state index contributed by atoms with van der Waals surface area (Å²) >= 11 is 0. The number of benzene rings is 1. The lowest BCUT2D eigenvalue weighted by Crippen LogP contribution is -2.08. The van der Waals surface area contributed by atoms with Crippen LogP contribution in [0.25, 0.3) is 0 Å². The van der Waals surface area contributed by atoms with Crippen molar-refractivity contribution < 1.29 is 22.4 Å². The van der Waals surface area contributed by atoms with Crippen LogP contribution in [0.5, 0.6) is 0 Å². The molecule has 17 heavy (non-hydrogen) atoms. The molecule has 0 fully saturated rings. The van der Waals surface area contributed by atoms with Crippen LogP contribution >= 0.6 is 0 Å². The lowest BCUT2D eigenvalue weighted by atomic mass is 10.1. The van der Waals surface area contributed by atoms with Gasteiger partial charge in [-0.15, -0.1) is 0 Å². The zero-order chi connectivity index (χ0) is 12.6. The van der Waals surface area contributed by atoms with Crippen molar-refractivity contribution in [1.82, 2.24) is 0 Å². The molecule has 88 valence electrons. The fourth-order valence-electron chi connectivity index (χ4n) is 1.48. The predicted octanol–water partition coefficient (Wildman–Crippen LogP) is 3.24. The second-order valence-corrected chi connectivity index (χ2v) is 3.51. The van der Waals surface area contributed by atoms with E-state index in [0.717, 1.165) is 0 Å². The van der Waals surface area contributed by atoms with Gasteiger partial charge >= 0.3 is 0 Å². The minimum Gasteiger partial charge on any atom is -0.461 e. The van der Waals surface area contributed by atoms with Crippen LogP contribution in [0, 0.1) is 24.4 Å². The van der Waals surface area contributed by atoms with Gasteiger partial charge in [0.2, 0.25) is 5.78 Å². The van der Waals surface area contributed by atoms with Gasteiger partial charge in [0.15, 0.2) is 5.76 Å². The molecule has 0 bridgehead atoms. The Kier molecular flexibility index (Phi) is 2.75. The largest absolute Gasteiger partial charge is 0.461 e. The van der Waals surface area contributed by atoms with Crippen LogP contribution in [0.4, 0.5) is 13.2 Å². The van der Waals surface area contributed by atoms with Crippen LogP contribution in [-0.4, -0.2) is 5.78 Å². The average molecular weight is 240 g/mol. The summed E-state index contributed by atoms with van der Waals surface area (Å²) in [6.07, 6.45) is 1.24. The smallest absolute Gasteiger partial charge is 0.234 e. The maximum atomic E-state index is 13.3. The molecule has 1 aromatic heterocycles. The molecule has 0 spiro atoms. The molecule has 1 heterocycles. The number of hydrogen-bond acceptors (Lipinski definition) is 2. The van der Waals surface area contributed by atoms with Crippen molar-refractivity contribution in [2.75, 3.05) is 0 Å². The molecule has 0 radical (unpaired) electrons. The number of carbonyl (C=O) groups is 1. The third kappa shape index (κ3) is 1.95. The normalized spacial score (nSPS) is 10.6. The maximum Gasteiger partial charge on any atom is 0.234 e. The molecule has 0 atom stereocenters. The van der Waals surface area contributed by atoms with E-state index in [2.05, 4.69) is 0 Å². The molecule has 2 rings (SSSR count). The number of carbonyl (C=O) groups excluding carboxylic acids is 1. The van der Waals surface area contributed by atoms with Gasteiger partial charge in [-0.3, -0.25) is 4.79 Å². The molecule has 0 N–H and O–H groups in total. The fourth-order valence-corrected chi connectivity index (χ4v) is 1.48. The number of hydrogen-bond donors (Lipinski definition) is 0. The van der Waals surface area contributed by atoms with E-state index in [1.165, 1.54) is 12.3 Å². The summed E-state index contributed by atoms with van der Waals surface area (Å²) in [7, 11) is 0. The Balaban J connectivity index is 2.56. The van der Waals surface area contributed by atoms with Crippen LogP contribution in [-0.2, 0) is 0 Å². The zero-order valence-electron chi connectivity index (χ0n) is 8.76. The number of ketones is 1. The first-order chi connectivity index (χ1) is 8.00. The standard InChI is InChI=1S/C12H7F3O2/c1-6-2-3-17-12(6)11(16)10-8(14)4-7(13)5-9(10)15/h2-5H,1H3. The van der Waals surface area contributed by atoms with E-state index in [4.69, 9.17) is 4.42 Å². The van der Waals surface area contributed by atoms with E-state index in [0.29, 0.717) is 17.7 Å². The van der Waals surface area contributed by atoms with Gasteiger partial charge in [0.25, 0.3) is 0 Å². The van der Waals surface area contributed by atoms with E-state index in [1.807, 2.05) is 0 Å². The lowest BCUT2D eigenvalue weighted by Gasteiger charge is -2.03. The molecule has 0 aliphatic carbocycles. The third-order valence-electron chi connectivity index (χ3n) is 2.30. The third-order valence-corrected chi connectivity index (χ3v) is 2.30. The van der Waals surface area contributed by atoms with Crippen molar-refractivity contribution in [1.29, 1.82) is 0 Å². The first-order valence-electron chi connectivity index (χ1n) is 4.74. The summed E-state index contributed by atoms with van der Waals surface area (Å²) in [5, 5.41) is 0. The fraction of sp³-hybridized carbons (Fsp3) is 0.0833. The summed E-state index contributed by atoms with van der Waals surface area (Å²) in [6.45, 7) is 1.57. The Bertz CT molecular complexity index is 564. The number of aryl methyl sites for hydroxylation is 1. The van der Waals surface area contributed by atoms with Gasteiger partial charge in [-0.25, -0.2) is 13.2 Å². The molecule has 0 saturated heterocycles. The number of rotatable bonds is 2. The van der Waals surface area contributed by atoms with Gasteiger partial charge in [-0.05, 0) is 18.6 Å². The lowest BCUT2D eigenvalue weighted by molar-refractivity contribution is 0.1000. The first-order valence-corrected chi connectivity index (χ1v) is 4.74. The number of furan rings is 1. The SMILES string of the molecule is Cc1ccoc1C(=O)c1c(F)cc(F)cc1F. The van der Waals surface area contributed by atoms with Crippen molar-refractivity contribution in [2.45, 2.75) is 6.92 Å².